The number of ether oxygens (including phenoxy) is 1. The van der Waals surface area contributed by atoms with Crippen LogP contribution in [-0.2, 0) is 6.54 Å². The minimum Gasteiger partial charge on any atom is -0.484 e. The Labute approximate surface area is 130 Å². The third kappa shape index (κ3) is 3.30. The second-order valence-corrected chi connectivity index (χ2v) is 5.58. The summed E-state index contributed by atoms with van der Waals surface area (Å²) in [5.41, 5.74) is 3.85. The smallest absolute Gasteiger partial charge is 0.202 e. The second kappa shape index (κ2) is 6.35. The van der Waals surface area contributed by atoms with Crippen LogP contribution in [0.25, 0.3) is 0 Å². The molecule has 3 nitrogen and oxygen atoms in total. The summed E-state index contributed by atoms with van der Waals surface area (Å²) >= 11 is 6.10. The van der Waals surface area contributed by atoms with E-state index in [1.807, 2.05) is 39.0 Å². The van der Waals surface area contributed by atoms with Gasteiger partial charge in [-0.2, -0.15) is 0 Å². The lowest BCUT2D eigenvalue weighted by Crippen LogP contribution is -2.13. The molecule has 21 heavy (non-hydrogen) atoms. The molecule has 0 N–H and O–H groups in total. The Balaban J connectivity index is 2.12. The summed E-state index contributed by atoms with van der Waals surface area (Å²) in [6.45, 7) is 8.84. The van der Waals surface area contributed by atoms with Crippen LogP contribution in [0.4, 0.5) is 0 Å². The van der Waals surface area contributed by atoms with E-state index in [1.54, 1.807) is 6.07 Å². The van der Waals surface area contributed by atoms with Gasteiger partial charge in [0.25, 0.3) is 0 Å². The maximum Gasteiger partial charge on any atom is 0.202 e. The van der Waals surface area contributed by atoms with Crippen LogP contribution in [-0.4, -0.2) is 17.0 Å². The van der Waals surface area contributed by atoms with E-state index >= 15 is 0 Å². The molecule has 0 fully saturated rings. The van der Waals surface area contributed by atoms with E-state index in [1.165, 1.54) is 0 Å². The Morgan fingerprint density at radius 1 is 1.24 bits per heavy atom. The van der Waals surface area contributed by atoms with E-state index in [4.69, 9.17) is 16.3 Å². The van der Waals surface area contributed by atoms with Crippen molar-refractivity contribution in [2.75, 3.05) is 6.61 Å². The van der Waals surface area contributed by atoms with Crippen molar-refractivity contribution < 1.29 is 9.53 Å². The Kier molecular flexibility index (Phi) is 4.73. The van der Waals surface area contributed by atoms with Crippen molar-refractivity contribution in [3.05, 3.63) is 51.8 Å². The van der Waals surface area contributed by atoms with Gasteiger partial charge in [-0.05, 0) is 51.5 Å². The number of hydrogen-bond donors (Lipinski definition) is 0. The van der Waals surface area contributed by atoms with E-state index in [0.29, 0.717) is 10.8 Å². The number of rotatable bonds is 5. The van der Waals surface area contributed by atoms with Crippen molar-refractivity contribution in [1.82, 2.24) is 4.57 Å². The van der Waals surface area contributed by atoms with Crippen LogP contribution in [0, 0.1) is 20.8 Å². The van der Waals surface area contributed by atoms with Gasteiger partial charge in [0.05, 0.1) is 5.02 Å². The minimum absolute atomic E-state index is 0.00319. The number of ketones is 1. The van der Waals surface area contributed by atoms with E-state index in [0.717, 1.165) is 29.1 Å². The third-order valence-corrected chi connectivity index (χ3v) is 3.93. The summed E-state index contributed by atoms with van der Waals surface area (Å²) in [5.74, 6) is 0.513. The number of Topliss-reactive ketones (excluding diaryl/α,β-unsaturated/α-hetero) is 1. The van der Waals surface area contributed by atoms with Crippen molar-refractivity contribution in [3.8, 4) is 5.75 Å². The number of aryl methyl sites for hydroxylation is 2. The highest BCUT2D eigenvalue weighted by molar-refractivity contribution is 6.32. The van der Waals surface area contributed by atoms with Crippen molar-refractivity contribution in [2.45, 2.75) is 34.2 Å². The fraction of sp³-hybridized carbons (Fsp3) is 0.353. The molecule has 0 bridgehead atoms. The number of benzene rings is 1. The fourth-order valence-electron chi connectivity index (χ4n) is 2.51. The molecule has 4 heteroatoms. The van der Waals surface area contributed by atoms with Gasteiger partial charge in [-0.15, -0.1) is 0 Å². The van der Waals surface area contributed by atoms with E-state index < -0.39 is 0 Å². The standard InChI is InChI=1S/C17H20ClNO2/c1-5-19-12(3)9-14(13(19)4)16(20)10-21-17-7-6-11(2)8-15(17)18/h6-9H,5,10H2,1-4H3. The molecule has 1 aromatic carbocycles. The molecule has 2 aromatic rings. The van der Waals surface area contributed by atoms with Crippen LogP contribution in [0.2, 0.25) is 5.02 Å². The molecule has 0 aliphatic heterocycles. The first-order valence-electron chi connectivity index (χ1n) is 7.03. The fourth-order valence-corrected chi connectivity index (χ4v) is 2.80. The summed E-state index contributed by atoms with van der Waals surface area (Å²) < 4.78 is 7.67. The van der Waals surface area contributed by atoms with Gasteiger partial charge in [-0.1, -0.05) is 17.7 Å². The summed E-state index contributed by atoms with van der Waals surface area (Å²) in [6.07, 6.45) is 0. The molecule has 1 aromatic heterocycles. The first-order chi connectivity index (χ1) is 9.93. The highest BCUT2D eigenvalue weighted by Gasteiger charge is 2.16. The van der Waals surface area contributed by atoms with Gasteiger partial charge >= 0.3 is 0 Å². The summed E-state index contributed by atoms with van der Waals surface area (Å²) in [6, 6.07) is 7.44. The Bertz CT molecular complexity index is 674. The quantitative estimate of drug-likeness (QED) is 0.769. The van der Waals surface area contributed by atoms with Crippen LogP contribution >= 0.6 is 11.6 Å². The predicted octanol–water partition coefficient (Wildman–Crippen LogP) is 4.35. The largest absolute Gasteiger partial charge is 0.484 e. The molecule has 0 spiro atoms. The average Bonchev–Trinajstić information content (AvgIpc) is 2.72. The molecular formula is C17H20ClNO2. The molecule has 0 saturated carbocycles. The minimum atomic E-state index is -0.0283. The van der Waals surface area contributed by atoms with E-state index in [9.17, 15) is 4.79 Å². The van der Waals surface area contributed by atoms with Crippen molar-refractivity contribution in [3.63, 3.8) is 0 Å². The molecule has 0 aliphatic rings. The maximum absolute atomic E-state index is 12.3. The Morgan fingerprint density at radius 2 is 1.95 bits per heavy atom. The normalized spacial score (nSPS) is 10.7. The van der Waals surface area contributed by atoms with Crippen LogP contribution in [0.3, 0.4) is 0 Å². The zero-order chi connectivity index (χ0) is 15.6. The highest BCUT2D eigenvalue weighted by Crippen LogP contribution is 2.25. The number of carbonyl (C=O) groups is 1. The second-order valence-electron chi connectivity index (χ2n) is 5.17. The maximum atomic E-state index is 12.3. The number of nitrogens with zero attached hydrogens (tertiary/aromatic N) is 1. The third-order valence-electron chi connectivity index (χ3n) is 3.64. The predicted molar refractivity (Wildman–Crippen MR) is 85.6 cm³/mol. The van der Waals surface area contributed by atoms with Crippen molar-refractivity contribution in [2.24, 2.45) is 0 Å². The molecule has 0 saturated heterocycles. The molecular weight excluding hydrogens is 286 g/mol. The molecule has 0 atom stereocenters. The molecule has 0 radical (unpaired) electrons. The van der Waals surface area contributed by atoms with E-state index in [2.05, 4.69) is 11.5 Å². The number of halogens is 1. The van der Waals surface area contributed by atoms with Crippen LogP contribution in [0.5, 0.6) is 5.75 Å². The number of aromatic nitrogens is 1. The summed E-state index contributed by atoms with van der Waals surface area (Å²) in [7, 11) is 0. The van der Waals surface area contributed by atoms with Gasteiger partial charge in [0, 0.05) is 23.5 Å². The topological polar surface area (TPSA) is 31.2 Å². The van der Waals surface area contributed by atoms with Gasteiger partial charge in [-0.3, -0.25) is 4.79 Å². The van der Waals surface area contributed by atoms with Crippen LogP contribution in [0.1, 0.15) is 34.2 Å². The number of hydrogen-bond acceptors (Lipinski definition) is 2. The molecule has 1 heterocycles. The lowest BCUT2D eigenvalue weighted by atomic mass is 10.1. The lowest BCUT2D eigenvalue weighted by Gasteiger charge is -2.08. The van der Waals surface area contributed by atoms with Gasteiger partial charge in [0.2, 0.25) is 5.78 Å². The van der Waals surface area contributed by atoms with Crippen molar-refractivity contribution in [1.29, 1.82) is 0 Å². The zero-order valence-electron chi connectivity index (χ0n) is 12.9. The SMILES string of the molecule is CCn1c(C)cc(C(=O)COc2ccc(C)cc2Cl)c1C. The molecule has 0 amide bonds. The van der Waals surface area contributed by atoms with Gasteiger partial charge < -0.3 is 9.30 Å². The first kappa shape index (κ1) is 15.6. The molecule has 112 valence electrons. The summed E-state index contributed by atoms with van der Waals surface area (Å²) in [4.78, 5) is 12.3. The highest BCUT2D eigenvalue weighted by atomic mass is 35.5. The summed E-state index contributed by atoms with van der Waals surface area (Å²) in [5, 5.41) is 0.529. The number of carbonyl (C=O) groups excluding carboxylic acids is 1. The molecule has 2 rings (SSSR count). The van der Waals surface area contributed by atoms with Gasteiger partial charge in [0.1, 0.15) is 5.75 Å². The van der Waals surface area contributed by atoms with Crippen LogP contribution in [0.15, 0.2) is 24.3 Å². The first-order valence-corrected chi connectivity index (χ1v) is 7.40. The van der Waals surface area contributed by atoms with Crippen molar-refractivity contribution >= 4 is 17.4 Å². The van der Waals surface area contributed by atoms with Crippen LogP contribution < -0.4 is 4.74 Å². The van der Waals surface area contributed by atoms with E-state index in [-0.39, 0.29) is 12.4 Å². The zero-order valence-corrected chi connectivity index (χ0v) is 13.6. The van der Waals surface area contributed by atoms with Gasteiger partial charge in [0.15, 0.2) is 6.61 Å². The Morgan fingerprint density at radius 3 is 2.52 bits per heavy atom. The van der Waals surface area contributed by atoms with Gasteiger partial charge in [-0.25, -0.2) is 0 Å². The lowest BCUT2D eigenvalue weighted by molar-refractivity contribution is 0.0921. The molecule has 0 aliphatic carbocycles. The molecule has 0 unspecified atom stereocenters. The Hall–Kier alpha value is -1.74. The average molecular weight is 306 g/mol. The monoisotopic (exact) mass is 305 g/mol.